The lowest BCUT2D eigenvalue weighted by Gasteiger charge is -2.13. The van der Waals surface area contributed by atoms with Gasteiger partial charge in [0.1, 0.15) is 11.3 Å². The number of carbonyl (C=O) groups excluding carboxylic acids is 1. The molecule has 130 valence electrons. The van der Waals surface area contributed by atoms with Gasteiger partial charge in [0.05, 0.1) is 12.7 Å². The molecule has 0 atom stereocenters. The van der Waals surface area contributed by atoms with Crippen LogP contribution in [0.1, 0.15) is 42.0 Å². The maximum atomic E-state index is 12.5. The van der Waals surface area contributed by atoms with Crippen molar-refractivity contribution in [3.63, 3.8) is 0 Å². The summed E-state index contributed by atoms with van der Waals surface area (Å²) in [5, 5.41) is 1.50. The first-order chi connectivity index (χ1) is 11.8. The summed E-state index contributed by atoms with van der Waals surface area (Å²) >= 11 is 6.20. The molecule has 4 heteroatoms. The number of aryl methyl sites for hydroxylation is 2. The van der Waals surface area contributed by atoms with Crippen molar-refractivity contribution >= 4 is 28.5 Å². The van der Waals surface area contributed by atoms with Crippen LogP contribution in [0.2, 0.25) is 5.02 Å². The third-order valence-electron chi connectivity index (χ3n) is 4.28. The molecule has 0 aliphatic carbocycles. The highest BCUT2D eigenvalue weighted by Crippen LogP contribution is 2.30. The number of hydrogen-bond donors (Lipinski definition) is 0. The number of benzene rings is 2. The minimum atomic E-state index is -0.313. The molecule has 0 saturated heterocycles. The van der Waals surface area contributed by atoms with Gasteiger partial charge >= 0.3 is 5.97 Å². The predicted molar refractivity (Wildman–Crippen MR) is 101 cm³/mol. The SMILES string of the molecule is Cc1ccc(C(C)C)c(OC(=O)Cc2coc3cc(C)c(Cl)cc23)c1. The van der Waals surface area contributed by atoms with Crippen LogP contribution >= 0.6 is 11.6 Å². The molecule has 1 heterocycles. The summed E-state index contributed by atoms with van der Waals surface area (Å²) in [5.74, 6) is 0.591. The van der Waals surface area contributed by atoms with Crippen LogP contribution in [-0.2, 0) is 11.2 Å². The molecule has 3 nitrogen and oxygen atoms in total. The largest absolute Gasteiger partial charge is 0.464 e. The highest BCUT2D eigenvalue weighted by atomic mass is 35.5. The van der Waals surface area contributed by atoms with E-state index in [1.165, 1.54) is 0 Å². The topological polar surface area (TPSA) is 39.4 Å². The molecule has 2 aromatic carbocycles. The second kappa shape index (κ2) is 6.93. The number of halogens is 1. The number of furan rings is 1. The fourth-order valence-corrected chi connectivity index (χ4v) is 3.02. The van der Waals surface area contributed by atoms with E-state index in [9.17, 15) is 4.79 Å². The van der Waals surface area contributed by atoms with Crippen molar-refractivity contribution in [1.82, 2.24) is 0 Å². The summed E-state index contributed by atoms with van der Waals surface area (Å²) in [6.45, 7) is 8.06. The molecule has 3 rings (SSSR count). The highest BCUT2D eigenvalue weighted by molar-refractivity contribution is 6.32. The van der Waals surface area contributed by atoms with E-state index in [1.54, 1.807) is 6.26 Å². The first-order valence-corrected chi connectivity index (χ1v) is 8.70. The monoisotopic (exact) mass is 356 g/mol. The van der Waals surface area contributed by atoms with Crippen molar-refractivity contribution in [2.45, 2.75) is 40.0 Å². The Morgan fingerprint density at radius 1 is 1.20 bits per heavy atom. The van der Waals surface area contributed by atoms with Crippen LogP contribution < -0.4 is 4.74 Å². The minimum Gasteiger partial charge on any atom is -0.464 e. The summed E-state index contributed by atoms with van der Waals surface area (Å²) in [6.07, 6.45) is 1.74. The van der Waals surface area contributed by atoms with Gasteiger partial charge in [-0.1, -0.05) is 37.6 Å². The van der Waals surface area contributed by atoms with Crippen molar-refractivity contribution in [2.75, 3.05) is 0 Å². The third kappa shape index (κ3) is 3.72. The van der Waals surface area contributed by atoms with Gasteiger partial charge in [0.25, 0.3) is 0 Å². The molecule has 1 aromatic heterocycles. The second-order valence-electron chi connectivity index (χ2n) is 6.71. The first kappa shape index (κ1) is 17.6. The average Bonchev–Trinajstić information content (AvgIpc) is 2.89. The van der Waals surface area contributed by atoms with Gasteiger partial charge in [-0.15, -0.1) is 0 Å². The van der Waals surface area contributed by atoms with E-state index in [0.29, 0.717) is 10.8 Å². The Morgan fingerprint density at radius 2 is 1.96 bits per heavy atom. The maximum absolute atomic E-state index is 12.5. The lowest BCUT2D eigenvalue weighted by Crippen LogP contribution is -2.12. The van der Waals surface area contributed by atoms with Crippen LogP contribution in [-0.4, -0.2) is 5.97 Å². The lowest BCUT2D eigenvalue weighted by molar-refractivity contribution is -0.133. The van der Waals surface area contributed by atoms with E-state index < -0.39 is 0 Å². The first-order valence-electron chi connectivity index (χ1n) is 8.32. The number of ether oxygens (including phenoxy) is 1. The summed E-state index contributed by atoms with van der Waals surface area (Å²) in [7, 11) is 0. The van der Waals surface area contributed by atoms with Crippen molar-refractivity contribution in [2.24, 2.45) is 0 Å². The Kier molecular flexibility index (Phi) is 4.87. The van der Waals surface area contributed by atoms with Crippen LogP contribution in [0.5, 0.6) is 5.75 Å². The molecule has 25 heavy (non-hydrogen) atoms. The van der Waals surface area contributed by atoms with Crippen LogP contribution in [0.25, 0.3) is 11.0 Å². The van der Waals surface area contributed by atoms with E-state index in [1.807, 2.05) is 44.2 Å². The maximum Gasteiger partial charge on any atom is 0.315 e. The van der Waals surface area contributed by atoms with Gasteiger partial charge in [0, 0.05) is 16.0 Å². The smallest absolute Gasteiger partial charge is 0.315 e. The Bertz CT molecular complexity index is 938. The molecule has 3 aromatic rings. The number of fused-ring (bicyclic) bond motifs is 1. The quantitative estimate of drug-likeness (QED) is 0.426. The molecule has 0 fully saturated rings. The van der Waals surface area contributed by atoms with Gasteiger partial charge < -0.3 is 9.15 Å². The van der Waals surface area contributed by atoms with Gasteiger partial charge in [-0.25, -0.2) is 0 Å². The van der Waals surface area contributed by atoms with E-state index in [2.05, 4.69) is 13.8 Å². The Labute approximate surface area is 152 Å². The zero-order valence-electron chi connectivity index (χ0n) is 14.9. The molecule has 0 spiro atoms. The minimum absolute atomic E-state index is 0.137. The third-order valence-corrected chi connectivity index (χ3v) is 4.69. The fraction of sp³-hybridized carbons (Fsp3) is 0.286. The number of rotatable bonds is 4. The van der Waals surface area contributed by atoms with Crippen LogP contribution in [0.15, 0.2) is 41.0 Å². The molecule has 0 saturated carbocycles. The summed E-state index contributed by atoms with van der Waals surface area (Å²) < 4.78 is 11.2. The zero-order chi connectivity index (χ0) is 18.1. The van der Waals surface area contributed by atoms with Gasteiger partial charge in [-0.3, -0.25) is 4.79 Å². The molecular weight excluding hydrogens is 336 g/mol. The van der Waals surface area contributed by atoms with Gasteiger partial charge in [0.2, 0.25) is 0 Å². The Hall–Kier alpha value is -2.26. The van der Waals surface area contributed by atoms with Gasteiger partial charge in [0.15, 0.2) is 0 Å². The van der Waals surface area contributed by atoms with E-state index in [-0.39, 0.29) is 18.3 Å². The predicted octanol–water partition coefficient (Wildman–Crippen LogP) is 5.97. The average molecular weight is 357 g/mol. The second-order valence-corrected chi connectivity index (χ2v) is 7.11. The molecule has 0 aliphatic rings. The van der Waals surface area contributed by atoms with E-state index >= 15 is 0 Å². The van der Waals surface area contributed by atoms with E-state index in [0.717, 1.165) is 33.2 Å². The van der Waals surface area contributed by atoms with E-state index in [4.69, 9.17) is 20.8 Å². The van der Waals surface area contributed by atoms with Crippen molar-refractivity contribution in [3.8, 4) is 5.75 Å². The van der Waals surface area contributed by atoms with Crippen LogP contribution in [0, 0.1) is 13.8 Å². The van der Waals surface area contributed by atoms with Crippen LogP contribution in [0.3, 0.4) is 0 Å². The Balaban J connectivity index is 1.84. The van der Waals surface area contributed by atoms with Crippen LogP contribution in [0.4, 0.5) is 0 Å². The summed E-state index contributed by atoms with van der Waals surface area (Å²) in [6, 6.07) is 9.66. The number of esters is 1. The molecule has 0 amide bonds. The Morgan fingerprint density at radius 3 is 2.68 bits per heavy atom. The van der Waals surface area contributed by atoms with Crippen molar-refractivity contribution in [1.29, 1.82) is 0 Å². The van der Waals surface area contributed by atoms with Gasteiger partial charge in [-0.2, -0.15) is 0 Å². The number of carbonyl (C=O) groups is 1. The molecular formula is C21H21ClO3. The molecule has 0 aliphatic heterocycles. The van der Waals surface area contributed by atoms with Gasteiger partial charge in [-0.05, 0) is 54.7 Å². The summed E-state index contributed by atoms with van der Waals surface area (Å²) in [4.78, 5) is 12.5. The highest BCUT2D eigenvalue weighted by Gasteiger charge is 2.16. The standard InChI is InChI=1S/C21H21ClO3/c1-12(2)16-6-5-13(3)7-20(16)25-21(23)9-15-11-24-19-8-14(4)18(22)10-17(15)19/h5-8,10-12H,9H2,1-4H3. The molecule has 0 unspecified atom stereocenters. The summed E-state index contributed by atoms with van der Waals surface area (Å²) in [5.41, 5.74) is 4.53. The molecule has 0 radical (unpaired) electrons. The zero-order valence-corrected chi connectivity index (χ0v) is 15.6. The lowest BCUT2D eigenvalue weighted by atomic mass is 10.0. The fourth-order valence-electron chi connectivity index (χ4n) is 2.86. The molecule has 0 N–H and O–H groups in total. The normalized spacial score (nSPS) is 11.3. The number of hydrogen-bond acceptors (Lipinski definition) is 3. The molecule has 0 bridgehead atoms. The van der Waals surface area contributed by atoms with Crippen molar-refractivity contribution < 1.29 is 13.9 Å². The van der Waals surface area contributed by atoms with Crippen molar-refractivity contribution in [3.05, 3.63) is 63.9 Å².